The fourth-order valence-corrected chi connectivity index (χ4v) is 2.42. The van der Waals surface area contributed by atoms with Crippen molar-refractivity contribution in [1.29, 1.82) is 5.26 Å². The molecular weight excluding hydrogens is 288 g/mol. The number of nitrogens with one attached hydrogen (secondary N) is 1. The Bertz CT molecular complexity index is 693. The van der Waals surface area contributed by atoms with Crippen LogP contribution in [0.3, 0.4) is 0 Å². The zero-order chi connectivity index (χ0) is 14.7. The Morgan fingerprint density at radius 3 is 2.67 bits per heavy atom. The van der Waals surface area contributed by atoms with Crippen LogP contribution in [0.4, 0.5) is 5.69 Å². The minimum absolute atomic E-state index is 0.523. The molecule has 106 valence electrons. The molecule has 0 radical (unpaired) electrons. The number of nitrogens with zero attached hydrogens (tertiary/aromatic N) is 1. The Labute approximate surface area is 127 Å². The van der Waals surface area contributed by atoms with Crippen LogP contribution in [0.5, 0.6) is 11.5 Å². The Morgan fingerprint density at radius 2 is 1.90 bits per heavy atom. The molecule has 0 saturated heterocycles. The summed E-state index contributed by atoms with van der Waals surface area (Å²) in [5, 5.41) is 12.6. The molecule has 0 spiro atoms. The molecule has 1 aliphatic rings. The molecule has 4 nitrogen and oxygen atoms in total. The van der Waals surface area contributed by atoms with E-state index in [0.717, 1.165) is 11.3 Å². The highest BCUT2D eigenvalue weighted by Crippen LogP contribution is 2.38. The summed E-state index contributed by atoms with van der Waals surface area (Å²) in [5.74, 6) is 1.30. The number of fused-ring (bicyclic) bond motifs is 1. The van der Waals surface area contributed by atoms with E-state index in [1.165, 1.54) is 0 Å². The average molecular weight is 301 g/mol. The molecule has 0 aromatic heterocycles. The maximum absolute atomic E-state index is 8.77. The lowest BCUT2D eigenvalue weighted by Gasteiger charge is -2.20. The minimum Gasteiger partial charge on any atom is -0.486 e. The molecule has 0 aliphatic carbocycles. The van der Waals surface area contributed by atoms with Crippen LogP contribution in [0.1, 0.15) is 11.1 Å². The van der Waals surface area contributed by atoms with Crippen molar-refractivity contribution in [2.75, 3.05) is 18.5 Å². The van der Waals surface area contributed by atoms with E-state index in [9.17, 15) is 0 Å². The van der Waals surface area contributed by atoms with Gasteiger partial charge in [0.05, 0.1) is 16.7 Å². The van der Waals surface area contributed by atoms with Gasteiger partial charge in [0.2, 0.25) is 0 Å². The monoisotopic (exact) mass is 300 g/mol. The van der Waals surface area contributed by atoms with Gasteiger partial charge >= 0.3 is 0 Å². The van der Waals surface area contributed by atoms with Crippen molar-refractivity contribution < 1.29 is 9.47 Å². The van der Waals surface area contributed by atoms with Crippen LogP contribution in [0.15, 0.2) is 36.4 Å². The Balaban J connectivity index is 1.73. The van der Waals surface area contributed by atoms with Crippen LogP contribution >= 0.6 is 11.6 Å². The number of nitriles is 1. The maximum atomic E-state index is 8.77. The normalized spacial score (nSPS) is 12.6. The van der Waals surface area contributed by atoms with Gasteiger partial charge in [-0.15, -0.1) is 0 Å². The third-order valence-electron chi connectivity index (χ3n) is 3.17. The van der Waals surface area contributed by atoms with Crippen molar-refractivity contribution in [1.82, 2.24) is 0 Å². The van der Waals surface area contributed by atoms with E-state index in [4.69, 9.17) is 26.3 Å². The summed E-state index contributed by atoms with van der Waals surface area (Å²) < 4.78 is 11.0. The highest BCUT2D eigenvalue weighted by Gasteiger charge is 2.16. The lowest BCUT2D eigenvalue weighted by molar-refractivity contribution is 0.171. The maximum Gasteiger partial charge on any atom is 0.179 e. The highest BCUT2D eigenvalue weighted by molar-refractivity contribution is 6.32. The molecule has 0 fully saturated rings. The first-order valence-electron chi connectivity index (χ1n) is 6.58. The standard InChI is InChI=1S/C16H13ClN2O2/c17-14-7-12(8-15-16(14)21-6-5-20-15)10-19-13-3-1-11(9-18)2-4-13/h1-4,7-8,19H,5-6,10H2. The summed E-state index contributed by atoms with van der Waals surface area (Å²) in [7, 11) is 0. The molecule has 5 heteroatoms. The molecule has 2 aromatic carbocycles. The molecular formula is C16H13ClN2O2. The number of ether oxygens (including phenoxy) is 2. The minimum atomic E-state index is 0.523. The zero-order valence-electron chi connectivity index (χ0n) is 11.2. The summed E-state index contributed by atoms with van der Waals surface area (Å²) in [5.41, 5.74) is 2.59. The summed E-state index contributed by atoms with van der Waals surface area (Å²) in [4.78, 5) is 0. The number of anilines is 1. The first-order valence-corrected chi connectivity index (χ1v) is 6.96. The van der Waals surface area contributed by atoms with Gasteiger partial charge < -0.3 is 14.8 Å². The van der Waals surface area contributed by atoms with Gasteiger partial charge in [0, 0.05) is 12.2 Å². The number of rotatable bonds is 3. The van der Waals surface area contributed by atoms with E-state index >= 15 is 0 Å². The fraction of sp³-hybridized carbons (Fsp3) is 0.188. The molecule has 0 unspecified atom stereocenters. The highest BCUT2D eigenvalue weighted by atomic mass is 35.5. The first-order chi connectivity index (χ1) is 10.3. The summed E-state index contributed by atoms with van der Waals surface area (Å²) in [6.07, 6.45) is 0. The Morgan fingerprint density at radius 1 is 1.14 bits per heavy atom. The second-order valence-corrected chi connectivity index (χ2v) is 5.05. The fourth-order valence-electron chi connectivity index (χ4n) is 2.13. The SMILES string of the molecule is N#Cc1ccc(NCc2cc(Cl)c3c(c2)OCCO3)cc1. The van der Waals surface area contributed by atoms with Crippen molar-refractivity contribution >= 4 is 17.3 Å². The molecule has 0 saturated carbocycles. The van der Waals surface area contributed by atoms with Gasteiger partial charge in [-0.2, -0.15) is 5.26 Å². The van der Waals surface area contributed by atoms with Gasteiger partial charge in [-0.05, 0) is 42.0 Å². The van der Waals surface area contributed by atoms with E-state index < -0.39 is 0 Å². The predicted octanol–water partition coefficient (Wildman–Crippen LogP) is 3.59. The molecule has 1 aliphatic heterocycles. The summed E-state index contributed by atoms with van der Waals surface area (Å²) in [6.45, 7) is 1.67. The molecule has 0 amide bonds. The quantitative estimate of drug-likeness (QED) is 0.941. The third-order valence-corrected chi connectivity index (χ3v) is 3.45. The predicted molar refractivity (Wildman–Crippen MR) is 80.9 cm³/mol. The number of hydrogen-bond donors (Lipinski definition) is 1. The van der Waals surface area contributed by atoms with Gasteiger partial charge in [0.1, 0.15) is 13.2 Å². The largest absolute Gasteiger partial charge is 0.486 e. The number of hydrogen-bond acceptors (Lipinski definition) is 4. The van der Waals surface area contributed by atoms with Crippen molar-refractivity contribution in [3.8, 4) is 17.6 Å². The molecule has 1 N–H and O–H groups in total. The molecule has 2 aromatic rings. The van der Waals surface area contributed by atoms with Crippen LogP contribution in [-0.4, -0.2) is 13.2 Å². The van der Waals surface area contributed by atoms with E-state index in [2.05, 4.69) is 11.4 Å². The number of halogens is 1. The summed E-state index contributed by atoms with van der Waals surface area (Å²) in [6, 6.07) is 13.2. The summed E-state index contributed by atoms with van der Waals surface area (Å²) >= 11 is 6.20. The molecule has 21 heavy (non-hydrogen) atoms. The smallest absolute Gasteiger partial charge is 0.179 e. The van der Waals surface area contributed by atoms with Gasteiger partial charge in [0.15, 0.2) is 11.5 Å². The van der Waals surface area contributed by atoms with Crippen LogP contribution in [0.2, 0.25) is 5.02 Å². The zero-order valence-corrected chi connectivity index (χ0v) is 12.0. The first kappa shape index (κ1) is 13.6. The van der Waals surface area contributed by atoms with Crippen molar-refractivity contribution in [2.45, 2.75) is 6.54 Å². The molecule has 1 heterocycles. The van der Waals surface area contributed by atoms with Gasteiger partial charge in [-0.3, -0.25) is 0 Å². The van der Waals surface area contributed by atoms with E-state index in [-0.39, 0.29) is 0 Å². The lowest BCUT2D eigenvalue weighted by atomic mass is 10.1. The topological polar surface area (TPSA) is 54.3 Å². The Kier molecular flexibility index (Phi) is 3.85. The van der Waals surface area contributed by atoms with Crippen LogP contribution in [0, 0.1) is 11.3 Å². The molecule has 3 rings (SSSR count). The third kappa shape index (κ3) is 3.04. The lowest BCUT2D eigenvalue weighted by Crippen LogP contribution is -2.16. The average Bonchev–Trinajstić information content (AvgIpc) is 2.53. The van der Waals surface area contributed by atoms with Gasteiger partial charge in [-0.1, -0.05) is 11.6 Å². The van der Waals surface area contributed by atoms with Crippen molar-refractivity contribution in [2.24, 2.45) is 0 Å². The Hall–Kier alpha value is -2.38. The van der Waals surface area contributed by atoms with Crippen molar-refractivity contribution in [3.05, 3.63) is 52.5 Å². The van der Waals surface area contributed by atoms with E-state index in [0.29, 0.717) is 41.8 Å². The molecule has 0 atom stereocenters. The second-order valence-electron chi connectivity index (χ2n) is 4.64. The van der Waals surface area contributed by atoms with Crippen LogP contribution < -0.4 is 14.8 Å². The van der Waals surface area contributed by atoms with Crippen LogP contribution in [-0.2, 0) is 6.54 Å². The van der Waals surface area contributed by atoms with Gasteiger partial charge in [-0.25, -0.2) is 0 Å². The van der Waals surface area contributed by atoms with E-state index in [1.54, 1.807) is 12.1 Å². The number of benzene rings is 2. The van der Waals surface area contributed by atoms with Crippen LogP contribution in [0.25, 0.3) is 0 Å². The van der Waals surface area contributed by atoms with Gasteiger partial charge in [0.25, 0.3) is 0 Å². The van der Waals surface area contributed by atoms with Crippen molar-refractivity contribution in [3.63, 3.8) is 0 Å². The van der Waals surface area contributed by atoms with E-state index in [1.807, 2.05) is 24.3 Å². The molecule has 0 bridgehead atoms. The second kappa shape index (κ2) is 5.94.